The number of nitrogens with one attached hydrogen (secondary N) is 1. The number of carbonyl (C=O) groups is 1. The lowest BCUT2D eigenvalue weighted by molar-refractivity contribution is -0.109. The predicted octanol–water partition coefficient (Wildman–Crippen LogP) is 4.05. The standard InChI is InChI=1S/C19H20FNO/c20-18-9-5-16(6-10-18)15-3-7-17(8-4-15)19(13-21-14-22)11-1-2-12-19/h3-10,14H,1-2,11-13H2,(H,21,22). The second-order valence-corrected chi connectivity index (χ2v) is 6.07. The van der Waals surface area contributed by atoms with Crippen LogP contribution in [-0.2, 0) is 10.2 Å². The van der Waals surface area contributed by atoms with Crippen LogP contribution in [0.5, 0.6) is 0 Å². The lowest BCUT2D eigenvalue weighted by Gasteiger charge is -2.29. The Bertz CT molecular complexity index is 627. The molecule has 0 aliphatic heterocycles. The first-order valence-corrected chi connectivity index (χ1v) is 7.77. The topological polar surface area (TPSA) is 29.1 Å². The highest BCUT2D eigenvalue weighted by Gasteiger charge is 2.35. The number of halogens is 1. The Balaban J connectivity index is 1.86. The van der Waals surface area contributed by atoms with Crippen molar-refractivity contribution in [2.75, 3.05) is 6.54 Å². The molecule has 1 aliphatic rings. The monoisotopic (exact) mass is 297 g/mol. The molecule has 0 unspecified atom stereocenters. The molecule has 0 saturated heterocycles. The summed E-state index contributed by atoms with van der Waals surface area (Å²) in [5.41, 5.74) is 3.45. The molecule has 0 heterocycles. The molecule has 1 saturated carbocycles. The number of hydrogen-bond donors (Lipinski definition) is 1. The van der Waals surface area contributed by atoms with Crippen LogP contribution in [0.25, 0.3) is 11.1 Å². The van der Waals surface area contributed by atoms with Crippen LogP contribution in [-0.4, -0.2) is 13.0 Å². The van der Waals surface area contributed by atoms with Crippen LogP contribution < -0.4 is 5.32 Å². The van der Waals surface area contributed by atoms with Crippen LogP contribution in [0.2, 0.25) is 0 Å². The van der Waals surface area contributed by atoms with Crippen molar-refractivity contribution in [1.29, 1.82) is 0 Å². The molecule has 3 rings (SSSR count). The summed E-state index contributed by atoms with van der Waals surface area (Å²) in [4.78, 5) is 10.7. The highest BCUT2D eigenvalue weighted by atomic mass is 19.1. The Labute approximate surface area is 130 Å². The van der Waals surface area contributed by atoms with Gasteiger partial charge in [-0.3, -0.25) is 4.79 Å². The average Bonchev–Trinajstić information content (AvgIpc) is 3.04. The van der Waals surface area contributed by atoms with Crippen molar-refractivity contribution in [1.82, 2.24) is 5.32 Å². The van der Waals surface area contributed by atoms with Crippen molar-refractivity contribution >= 4 is 6.41 Å². The summed E-state index contributed by atoms with van der Waals surface area (Å²) in [6, 6.07) is 15.0. The van der Waals surface area contributed by atoms with Crippen LogP contribution in [0.15, 0.2) is 48.5 Å². The minimum atomic E-state index is -0.217. The summed E-state index contributed by atoms with van der Waals surface area (Å²) >= 11 is 0. The zero-order chi connectivity index (χ0) is 15.4. The predicted molar refractivity (Wildman–Crippen MR) is 86.0 cm³/mol. The van der Waals surface area contributed by atoms with E-state index in [4.69, 9.17) is 0 Å². The lowest BCUT2D eigenvalue weighted by Crippen LogP contribution is -2.35. The lowest BCUT2D eigenvalue weighted by atomic mass is 9.78. The first-order valence-electron chi connectivity index (χ1n) is 7.77. The van der Waals surface area contributed by atoms with Crippen molar-refractivity contribution in [3.63, 3.8) is 0 Å². The summed E-state index contributed by atoms with van der Waals surface area (Å²) in [7, 11) is 0. The third-order valence-electron chi connectivity index (χ3n) is 4.76. The number of amides is 1. The van der Waals surface area contributed by atoms with Gasteiger partial charge in [-0.1, -0.05) is 49.2 Å². The molecule has 2 aromatic rings. The molecule has 1 aliphatic carbocycles. The van der Waals surface area contributed by atoms with Gasteiger partial charge in [0, 0.05) is 12.0 Å². The van der Waals surface area contributed by atoms with Gasteiger partial charge in [-0.15, -0.1) is 0 Å². The largest absolute Gasteiger partial charge is 0.358 e. The van der Waals surface area contributed by atoms with Gasteiger partial charge < -0.3 is 5.32 Å². The smallest absolute Gasteiger partial charge is 0.207 e. The van der Waals surface area contributed by atoms with E-state index in [1.807, 2.05) is 0 Å². The number of benzene rings is 2. The molecule has 3 heteroatoms. The fourth-order valence-corrected chi connectivity index (χ4v) is 3.51. The van der Waals surface area contributed by atoms with Crippen LogP contribution >= 0.6 is 0 Å². The molecule has 0 radical (unpaired) electrons. The summed E-state index contributed by atoms with van der Waals surface area (Å²) in [6.07, 6.45) is 5.43. The highest BCUT2D eigenvalue weighted by molar-refractivity contribution is 5.63. The Morgan fingerprint density at radius 2 is 1.50 bits per heavy atom. The van der Waals surface area contributed by atoms with Crippen molar-refractivity contribution in [2.24, 2.45) is 0 Å². The Kier molecular flexibility index (Phi) is 4.23. The molecule has 0 spiro atoms. The fourth-order valence-electron chi connectivity index (χ4n) is 3.51. The zero-order valence-corrected chi connectivity index (χ0v) is 12.5. The van der Waals surface area contributed by atoms with Gasteiger partial charge in [-0.2, -0.15) is 0 Å². The first-order chi connectivity index (χ1) is 10.7. The molecule has 2 aromatic carbocycles. The van der Waals surface area contributed by atoms with E-state index in [1.54, 1.807) is 12.1 Å². The van der Waals surface area contributed by atoms with Gasteiger partial charge in [0.15, 0.2) is 0 Å². The Morgan fingerprint density at radius 1 is 0.955 bits per heavy atom. The molecule has 0 bridgehead atoms. The van der Waals surface area contributed by atoms with Gasteiger partial charge in [0.05, 0.1) is 0 Å². The van der Waals surface area contributed by atoms with Crippen LogP contribution in [0.4, 0.5) is 4.39 Å². The summed E-state index contributed by atoms with van der Waals surface area (Å²) < 4.78 is 13.0. The van der Waals surface area contributed by atoms with E-state index in [1.165, 1.54) is 30.5 Å². The average molecular weight is 297 g/mol. The van der Waals surface area contributed by atoms with E-state index >= 15 is 0 Å². The van der Waals surface area contributed by atoms with Gasteiger partial charge in [0.1, 0.15) is 5.82 Å². The highest BCUT2D eigenvalue weighted by Crippen LogP contribution is 2.41. The van der Waals surface area contributed by atoms with Crippen molar-refractivity contribution in [3.8, 4) is 11.1 Å². The molecular weight excluding hydrogens is 277 g/mol. The van der Waals surface area contributed by atoms with Gasteiger partial charge in [0.2, 0.25) is 6.41 Å². The van der Waals surface area contributed by atoms with E-state index < -0.39 is 0 Å². The van der Waals surface area contributed by atoms with Gasteiger partial charge in [-0.05, 0) is 41.7 Å². The van der Waals surface area contributed by atoms with Crippen molar-refractivity contribution < 1.29 is 9.18 Å². The molecule has 1 fully saturated rings. The Hall–Kier alpha value is -2.16. The minimum Gasteiger partial charge on any atom is -0.358 e. The molecule has 0 atom stereocenters. The Morgan fingerprint density at radius 3 is 2.05 bits per heavy atom. The second kappa shape index (κ2) is 6.30. The van der Waals surface area contributed by atoms with E-state index in [0.29, 0.717) is 6.54 Å². The van der Waals surface area contributed by atoms with Crippen LogP contribution in [0.3, 0.4) is 0 Å². The van der Waals surface area contributed by atoms with E-state index in [-0.39, 0.29) is 11.2 Å². The number of hydrogen-bond acceptors (Lipinski definition) is 1. The van der Waals surface area contributed by atoms with Crippen LogP contribution in [0.1, 0.15) is 31.2 Å². The normalized spacial score (nSPS) is 16.4. The maximum Gasteiger partial charge on any atom is 0.207 e. The summed E-state index contributed by atoms with van der Waals surface area (Å²) in [5.74, 6) is -0.217. The van der Waals surface area contributed by atoms with E-state index in [9.17, 15) is 9.18 Å². The molecule has 1 amide bonds. The second-order valence-electron chi connectivity index (χ2n) is 6.07. The van der Waals surface area contributed by atoms with Crippen LogP contribution in [0, 0.1) is 5.82 Å². The minimum absolute atomic E-state index is 0.0717. The maximum absolute atomic E-state index is 13.0. The zero-order valence-electron chi connectivity index (χ0n) is 12.5. The van der Waals surface area contributed by atoms with E-state index in [2.05, 4.69) is 29.6 Å². The molecule has 2 nitrogen and oxygen atoms in total. The molecule has 22 heavy (non-hydrogen) atoms. The quantitative estimate of drug-likeness (QED) is 0.829. The third kappa shape index (κ3) is 2.89. The van der Waals surface area contributed by atoms with Gasteiger partial charge >= 0.3 is 0 Å². The van der Waals surface area contributed by atoms with E-state index in [0.717, 1.165) is 30.4 Å². The molecule has 114 valence electrons. The van der Waals surface area contributed by atoms with Gasteiger partial charge in [-0.25, -0.2) is 4.39 Å². The summed E-state index contributed by atoms with van der Waals surface area (Å²) in [6.45, 7) is 0.701. The van der Waals surface area contributed by atoms with Crippen molar-refractivity contribution in [2.45, 2.75) is 31.1 Å². The van der Waals surface area contributed by atoms with Crippen molar-refractivity contribution in [3.05, 3.63) is 59.9 Å². The first kappa shape index (κ1) is 14.8. The number of rotatable bonds is 5. The molecule has 1 N–H and O–H groups in total. The summed E-state index contributed by atoms with van der Waals surface area (Å²) in [5, 5.41) is 2.86. The molecular formula is C19H20FNO. The van der Waals surface area contributed by atoms with Gasteiger partial charge in [0.25, 0.3) is 0 Å². The number of carbonyl (C=O) groups excluding carboxylic acids is 1. The SMILES string of the molecule is O=CNCC1(c2ccc(-c3ccc(F)cc3)cc2)CCCC1. The molecule has 0 aromatic heterocycles. The third-order valence-corrected chi connectivity index (χ3v) is 4.76. The fraction of sp³-hybridized carbons (Fsp3) is 0.316. The maximum atomic E-state index is 13.0.